The van der Waals surface area contributed by atoms with Gasteiger partial charge >= 0.3 is 0 Å². The Bertz CT molecular complexity index is 1180. The van der Waals surface area contributed by atoms with Crippen molar-refractivity contribution in [1.29, 1.82) is 0 Å². The van der Waals surface area contributed by atoms with Gasteiger partial charge in [0.15, 0.2) is 11.2 Å². The fraction of sp³-hybridized carbons (Fsp3) is 0.263. The molecule has 3 heterocycles. The Morgan fingerprint density at radius 3 is 2.63 bits per heavy atom. The number of hydrogen-bond donors (Lipinski definition) is 0. The molecule has 0 amide bonds. The van der Waals surface area contributed by atoms with Crippen molar-refractivity contribution in [3.63, 3.8) is 0 Å². The minimum absolute atomic E-state index is 0.198. The SMILES string of the molecule is CCCn1ccc2c(nnc3c(-c4ccc(F)cc4)c(COC)nn32)c1=O. The fourth-order valence-corrected chi connectivity index (χ4v) is 3.20. The third kappa shape index (κ3) is 2.87. The summed E-state index contributed by atoms with van der Waals surface area (Å²) in [6.45, 7) is 2.87. The maximum Gasteiger partial charge on any atom is 0.280 e. The van der Waals surface area contributed by atoms with E-state index < -0.39 is 0 Å². The van der Waals surface area contributed by atoms with E-state index in [1.807, 2.05) is 13.0 Å². The van der Waals surface area contributed by atoms with Gasteiger partial charge in [-0.25, -0.2) is 8.91 Å². The molecule has 0 spiro atoms. The summed E-state index contributed by atoms with van der Waals surface area (Å²) in [5, 5.41) is 13.0. The van der Waals surface area contributed by atoms with Crippen LogP contribution in [0.2, 0.25) is 0 Å². The summed E-state index contributed by atoms with van der Waals surface area (Å²) in [5.41, 5.74) is 3.24. The summed E-state index contributed by atoms with van der Waals surface area (Å²) in [6, 6.07) is 7.90. The van der Waals surface area contributed by atoms with Gasteiger partial charge in [0, 0.05) is 19.9 Å². The lowest BCUT2D eigenvalue weighted by Gasteiger charge is -2.06. The van der Waals surface area contributed by atoms with Gasteiger partial charge in [-0.3, -0.25) is 4.79 Å². The van der Waals surface area contributed by atoms with Gasteiger partial charge in [0.25, 0.3) is 5.56 Å². The molecule has 0 aliphatic carbocycles. The zero-order valence-corrected chi connectivity index (χ0v) is 15.0. The molecule has 4 aromatic rings. The molecule has 0 aliphatic heterocycles. The van der Waals surface area contributed by atoms with Crippen LogP contribution in [0.15, 0.2) is 41.3 Å². The quantitative estimate of drug-likeness (QED) is 0.542. The number of methoxy groups -OCH3 is 1. The van der Waals surface area contributed by atoms with Crippen LogP contribution in [0.1, 0.15) is 19.0 Å². The van der Waals surface area contributed by atoms with Gasteiger partial charge in [0.2, 0.25) is 0 Å². The smallest absolute Gasteiger partial charge is 0.280 e. The largest absolute Gasteiger partial charge is 0.378 e. The first-order valence-electron chi connectivity index (χ1n) is 8.66. The van der Waals surface area contributed by atoms with E-state index >= 15 is 0 Å². The third-order valence-electron chi connectivity index (χ3n) is 4.40. The first kappa shape index (κ1) is 17.3. The second-order valence-electron chi connectivity index (χ2n) is 6.25. The van der Waals surface area contributed by atoms with Crippen LogP contribution in [0.3, 0.4) is 0 Å². The van der Waals surface area contributed by atoms with Gasteiger partial charge in [-0.05, 0) is 30.2 Å². The van der Waals surface area contributed by atoms with Crippen LogP contribution in [0.25, 0.3) is 27.8 Å². The van der Waals surface area contributed by atoms with Gasteiger partial charge in [0.05, 0.1) is 17.9 Å². The average molecular weight is 367 g/mol. The zero-order chi connectivity index (χ0) is 19.0. The van der Waals surface area contributed by atoms with E-state index in [0.717, 1.165) is 12.0 Å². The zero-order valence-electron chi connectivity index (χ0n) is 15.0. The topological polar surface area (TPSA) is 74.3 Å². The normalized spacial score (nSPS) is 11.5. The number of rotatable bonds is 5. The molecule has 0 radical (unpaired) electrons. The molecule has 0 saturated heterocycles. The lowest BCUT2D eigenvalue weighted by molar-refractivity contribution is 0.181. The number of aryl methyl sites for hydroxylation is 1. The van der Waals surface area contributed by atoms with E-state index in [4.69, 9.17) is 4.74 Å². The van der Waals surface area contributed by atoms with Crippen LogP contribution in [-0.4, -0.2) is 31.5 Å². The number of nitrogens with zero attached hydrogens (tertiary/aromatic N) is 5. The highest BCUT2D eigenvalue weighted by molar-refractivity contribution is 5.84. The fourth-order valence-electron chi connectivity index (χ4n) is 3.20. The number of hydrogen-bond acceptors (Lipinski definition) is 5. The molecule has 0 atom stereocenters. The maximum absolute atomic E-state index is 13.3. The van der Waals surface area contributed by atoms with Gasteiger partial charge in [-0.15, -0.1) is 10.2 Å². The van der Waals surface area contributed by atoms with Gasteiger partial charge < -0.3 is 9.30 Å². The van der Waals surface area contributed by atoms with Crippen LogP contribution in [-0.2, 0) is 17.9 Å². The molecular weight excluding hydrogens is 349 g/mol. The Kier molecular flexibility index (Phi) is 4.41. The van der Waals surface area contributed by atoms with Crippen molar-refractivity contribution in [3.8, 4) is 11.1 Å². The minimum atomic E-state index is -0.323. The van der Waals surface area contributed by atoms with Crippen molar-refractivity contribution in [2.45, 2.75) is 26.5 Å². The molecule has 0 fully saturated rings. The number of benzene rings is 1. The van der Waals surface area contributed by atoms with Crippen molar-refractivity contribution < 1.29 is 9.13 Å². The second-order valence-corrected chi connectivity index (χ2v) is 6.25. The van der Waals surface area contributed by atoms with E-state index in [-0.39, 0.29) is 23.5 Å². The summed E-state index contributed by atoms with van der Waals surface area (Å²) in [5.74, 6) is -0.323. The molecule has 0 saturated carbocycles. The molecule has 4 rings (SSSR count). The molecule has 8 heteroatoms. The first-order valence-corrected chi connectivity index (χ1v) is 8.66. The number of fused-ring (bicyclic) bond motifs is 3. The van der Waals surface area contributed by atoms with Crippen LogP contribution in [0.4, 0.5) is 4.39 Å². The molecule has 7 nitrogen and oxygen atoms in total. The molecule has 138 valence electrons. The van der Waals surface area contributed by atoms with Crippen LogP contribution in [0, 0.1) is 5.82 Å². The van der Waals surface area contributed by atoms with E-state index in [1.165, 1.54) is 12.1 Å². The summed E-state index contributed by atoms with van der Waals surface area (Å²) in [4.78, 5) is 12.6. The van der Waals surface area contributed by atoms with E-state index in [9.17, 15) is 9.18 Å². The summed E-state index contributed by atoms with van der Waals surface area (Å²) >= 11 is 0. The number of halogens is 1. The van der Waals surface area contributed by atoms with Crippen LogP contribution < -0.4 is 5.56 Å². The van der Waals surface area contributed by atoms with E-state index in [1.54, 1.807) is 34.5 Å². The highest BCUT2D eigenvalue weighted by Crippen LogP contribution is 2.29. The molecule has 3 aromatic heterocycles. The Hall–Kier alpha value is -3.13. The van der Waals surface area contributed by atoms with Crippen molar-refractivity contribution in [3.05, 3.63) is 58.4 Å². The Morgan fingerprint density at radius 2 is 1.93 bits per heavy atom. The molecular formula is C19H18FN5O2. The Balaban J connectivity index is 2.02. The number of pyridine rings is 1. The van der Waals surface area contributed by atoms with Crippen molar-refractivity contribution in [2.75, 3.05) is 7.11 Å². The minimum Gasteiger partial charge on any atom is -0.378 e. The van der Waals surface area contributed by atoms with Crippen LogP contribution >= 0.6 is 0 Å². The predicted octanol–water partition coefficient (Wildman–Crippen LogP) is 2.80. The average Bonchev–Trinajstić information content (AvgIpc) is 3.03. The van der Waals surface area contributed by atoms with Crippen molar-refractivity contribution in [2.24, 2.45) is 0 Å². The second kappa shape index (κ2) is 6.88. The summed E-state index contributed by atoms with van der Waals surface area (Å²) in [7, 11) is 1.58. The number of aromatic nitrogens is 5. The van der Waals surface area contributed by atoms with Crippen LogP contribution in [0.5, 0.6) is 0 Å². The highest BCUT2D eigenvalue weighted by atomic mass is 19.1. The van der Waals surface area contributed by atoms with Crippen molar-refractivity contribution >= 4 is 16.7 Å². The molecule has 0 aliphatic rings. The van der Waals surface area contributed by atoms with Gasteiger partial charge in [0.1, 0.15) is 11.3 Å². The standard InChI is InChI=1S/C19H18FN5O2/c1-3-9-24-10-8-15-17(19(24)26)21-22-18-16(12-4-6-13(20)7-5-12)14(11-27-2)23-25(15)18/h4-8,10H,3,9,11H2,1-2H3. The van der Waals surface area contributed by atoms with Crippen molar-refractivity contribution in [1.82, 2.24) is 24.4 Å². The third-order valence-corrected chi connectivity index (χ3v) is 4.40. The highest BCUT2D eigenvalue weighted by Gasteiger charge is 2.19. The first-order chi connectivity index (χ1) is 13.1. The van der Waals surface area contributed by atoms with Gasteiger partial charge in [-0.2, -0.15) is 5.10 Å². The molecule has 1 aromatic carbocycles. The maximum atomic E-state index is 13.3. The Morgan fingerprint density at radius 1 is 1.15 bits per heavy atom. The van der Waals surface area contributed by atoms with E-state index in [0.29, 0.717) is 29.0 Å². The molecule has 0 N–H and O–H groups in total. The van der Waals surface area contributed by atoms with Gasteiger partial charge in [-0.1, -0.05) is 19.1 Å². The lowest BCUT2D eigenvalue weighted by atomic mass is 10.1. The lowest BCUT2D eigenvalue weighted by Crippen LogP contribution is -2.21. The molecule has 0 unspecified atom stereocenters. The molecule has 27 heavy (non-hydrogen) atoms. The van der Waals surface area contributed by atoms with E-state index in [2.05, 4.69) is 15.3 Å². The predicted molar refractivity (Wildman–Crippen MR) is 98.9 cm³/mol. The summed E-state index contributed by atoms with van der Waals surface area (Å²) in [6.07, 6.45) is 2.58. The number of ether oxygens (including phenoxy) is 1. The molecule has 0 bridgehead atoms. The summed E-state index contributed by atoms with van der Waals surface area (Å²) < 4.78 is 21.8. The Labute approximate surface area is 154 Å². The monoisotopic (exact) mass is 367 g/mol.